The predicted octanol–water partition coefficient (Wildman–Crippen LogP) is 3.99. The lowest BCUT2D eigenvalue weighted by molar-refractivity contribution is -0.255. The summed E-state index contributed by atoms with van der Waals surface area (Å²) < 4.78 is 39.7. The van der Waals surface area contributed by atoms with E-state index in [0.717, 1.165) is 43.6 Å². The van der Waals surface area contributed by atoms with Crippen LogP contribution in [0.3, 0.4) is 0 Å². The zero-order chi connectivity index (χ0) is 22.7. The molecule has 3 aromatic rings. The van der Waals surface area contributed by atoms with Crippen molar-refractivity contribution in [2.75, 3.05) is 4.90 Å². The second kappa shape index (κ2) is 9.02. The highest BCUT2D eigenvalue weighted by atomic mass is 19.4. The van der Waals surface area contributed by atoms with E-state index in [1.54, 1.807) is 18.2 Å². The van der Waals surface area contributed by atoms with Crippen LogP contribution in [0, 0.1) is 0 Å². The molecule has 4 rings (SSSR count). The van der Waals surface area contributed by atoms with Gasteiger partial charge in [-0.25, -0.2) is 9.67 Å². The summed E-state index contributed by atoms with van der Waals surface area (Å²) in [6, 6.07) is 10.6. The third kappa shape index (κ3) is 4.92. The van der Waals surface area contributed by atoms with Crippen LogP contribution in [0.15, 0.2) is 55.0 Å². The van der Waals surface area contributed by atoms with Crippen LogP contribution in [0.2, 0.25) is 0 Å². The standard InChI is InChI=1S/C23H23F3N4O2/c24-23(25,26)18-13-28-30(15-18)20-9-6-16(7-10-20)14-29(19-4-2-1-3-5-19)21-11-8-17(12-27-21)22(31)32/h6-13,15,19H,1-5,14H2,(H,31,32)/p-1. The summed E-state index contributed by atoms with van der Waals surface area (Å²) >= 11 is 0. The summed E-state index contributed by atoms with van der Waals surface area (Å²) in [7, 11) is 0. The van der Waals surface area contributed by atoms with Crippen molar-refractivity contribution in [1.29, 1.82) is 0 Å². The maximum atomic E-state index is 12.8. The minimum atomic E-state index is -4.43. The lowest BCUT2D eigenvalue weighted by Gasteiger charge is -2.35. The topological polar surface area (TPSA) is 74.1 Å². The van der Waals surface area contributed by atoms with Crippen LogP contribution in [0.25, 0.3) is 5.69 Å². The van der Waals surface area contributed by atoms with Crippen molar-refractivity contribution >= 4 is 11.8 Å². The molecule has 168 valence electrons. The molecule has 0 aliphatic heterocycles. The summed E-state index contributed by atoms with van der Waals surface area (Å²) in [5, 5.41) is 14.9. The van der Waals surface area contributed by atoms with Crippen molar-refractivity contribution in [3.8, 4) is 5.69 Å². The van der Waals surface area contributed by atoms with Gasteiger partial charge in [0, 0.05) is 30.5 Å². The Morgan fingerprint density at radius 2 is 1.78 bits per heavy atom. The number of nitrogens with zero attached hydrogens (tertiary/aromatic N) is 4. The fourth-order valence-electron chi connectivity index (χ4n) is 4.03. The monoisotopic (exact) mass is 443 g/mol. The molecule has 2 aromatic heterocycles. The van der Waals surface area contributed by atoms with Gasteiger partial charge in [-0.3, -0.25) is 0 Å². The maximum absolute atomic E-state index is 12.8. The van der Waals surface area contributed by atoms with Crippen molar-refractivity contribution in [3.63, 3.8) is 0 Å². The molecule has 9 heteroatoms. The number of hydrogen-bond donors (Lipinski definition) is 0. The number of aromatic nitrogens is 3. The molecule has 0 saturated heterocycles. The highest BCUT2D eigenvalue weighted by molar-refractivity contribution is 5.85. The molecule has 1 aromatic carbocycles. The van der Waals surface area contributed by atoms with Crippen molar-refractivity contribution in [2.45, 2.75) is 50.9 Å². The molecule has 1 aliphatic rings. The number of aromatic carboxylic acids is 1. The molecule has 0 unspecified atom stereocenters. The molecule has 32 heavy (non-hydrogen) atoms. The minimum absolute atomic E-state index is 0.0270. The Morgan fingerprint density at radius 1 is 1.06 bits per heavy atom. The van der Waals surface area contributed by atoms with Crippen LogP contribution in [0.5, 0.6) is 0 Å². The molecule has 1 fully saturated rings. The Labute approximate surface area is 183 Å². The fraction of sp³-hybridized carbons (Fsp3) is 0.348. The van der Waals surface area contributed by atoms with Gasteiger partial charge in [-0.05, 0) is 42.7 Å². The van der Waals surface area contributed by atoms with Gasteiger partial charge in [0.25, 0.3) is 0 Å². The van der Waals surface area contributed by atoms with Crippen LogP contribution in [-0.2, 0) is 12.7 Å². The van der Waals surface area contributed by atoms with Crippen LogP contribution in [-0.4, -0.2) is 26.8 Å². The molecular weight excluding hydrogens is 421 g/mol. The van der Waals surface area contributed by atoms with Gasteiger partial charge in [0.05, 0.1) is 23.4 Å². The summed E-state index contributed by atoms with van der Waals surface area (Å²) in [6.07, 6.45) is 4.13. The maximum Gasteiger partial charge on any atom is 0.419 e. The summed E-state index contributed by atoms with van der Waals surface area (Å²) in [4.78, 5) is 17.6. The number of carboxylic acids is 1. The SMILES string of the molecule is O=C([O-])c1ccc(N(Cc2ccc(-n3cc(C(F)(F)F)cn3)cc2)C2CCCCC2)nc1. The summed E-state index contributed by atoms with van der Waals surface area (Å²) in [5.41, 5.74) is 0.730. The molecule has 1 aliphatic carbocycles. The zero-order valence-corrected chi connectivity index (χ0v) is 17.3. The number of pyridine rings is 1. The molecule has 0 spiro atoms. The van der Waals surface area contributed by atoms with Crippen molar-refractivity contribution in [2.24, 2.45) is 0 Å². The minimum Gasteiger partial charge on any atom is -0.545 e. The molecule has 2 heterocycles. The lowest BCUT2D eigenvalue weighted by atomic mass is 9.93. The Hall–Kier alpha value is -3.36. The molecule has 0 atom stereocenters. The highest BCUT2D eigenvalue weighted by Crippen LogP contribution is 2.30. The molecule has 0 N–H and O–H groups in total. The third-order valence-electron chi connectivity index (χ3n) is 5.76. The molecular formula is C23H22F3N4O2-. The number of carbonyl (C=O) groups is 1. The highest BCUT2D eigenvalue weighted by Gasteiger charge is 2.32. The average molecular weight is 443 g/mol. The van der Waals surface area contributed by atoms with E-state index in [-0.39, 0.29) is 11.6 Å². The van der Waals surface area contributed by atoms with Gasteiger partial charge in [0.2, 0.25) is 0 Å². The van der Waals surface area contributed by atoms with Gasteiger partial charge in [-0.2, -0.15) is 18.3 Å². The van der Waals surface area contributed by atoms with Gasteiger partial charge < -0.3 is 14.8 Å². The molecule has 1 saturated carbocycles. The van der Waals surface area contributed by atoms with Gasteiger partial charge in [0.15, 0.2) is 0 Å². The lowest BCUT2D eigenvalue weighted by Crippen LogP contribution is -2.37. The molecule has 0 amide bonds. The first kappa shape index (κ1) is 21.9. The first-order valence-corrected chi connectivity index (χ1v) is 10.5. The normalized spacial score (nSPS) is 15.0. The number of benzene rings is 1. The smallest absolute Gasteiger partial charge is 0.419 e. The van der Waals surface area contributed by atoms with Crippen molar-refractivity contribution < 1.29 is 23.1 Å². The van der Waals surface area contributed by atoms with E-state index in [1.807, 2.05) is 12.1 Å². The van der Waals surface area contributed by atoms with Crippen LogP contribution in [0.4, 0.5) is 19.0 Å². The number of alkyl halides is 3. The first-order valence-electron chi connectivity index (χ1n) is 10.5. The number of halogens is 3. The molecule has 6 nitrogen and oxygen atoms in total. The van der Waals surface area contributed by atoms with Gasteiger partial charge >= 0.3 is 6.18 Å². The average Bonchev–Trinajstić information content (AvgIpc) is 3.30. The van der Waals surface area contributed by atoms with E-state index in [4.69, 9.17) is 0 Å². The molecule has 0 bridgehead atoms. The van der Waals surface area contributed by atoms with E-state index in [1.165, 1.54) is 23.4 Å². The Bertz CT molecular complexity index is 1060. The van der Waals surface area contributed by atoms with E-state index in [0.29, 0.717) is 18.1 Å². The third-order valence-corrected chi connectivity index (χ3v) is 5.76. The van der Waals surface area contributed by atoms with Crippen LogP contribution >= 0.6 is 0 Å². The van der Waals surface area contributed by atoms with Gasteiger partial charge in [-0.1, -0.05) is 31.4 Å². The quantitative estimate of drug-likeness (QED) is 0.576. The Balaban J connectivity index is 1.55. The van der Waals surface area contributed by atoms with Crippen molar-refractivity contribution in [3.05, 3.63) is 71.7 Å². The van der Waals surface area contributed by atoms with E-state index in [9.17, 15) is 23.1 Å². The van der Waals surface area contributed by atoms with Crippen LogP contribution < -0.4 is 10.0 Å². The van der Waals surface area contributed by atoms with Gasteiger partial charge in [0.1, 0.15) is 5.82 Å². The van der Waals surface area contributed by atoms with E-state index in [2.05, 4.69) is 15.0 Å². The largest absolute Gasteiger partial charge is 0.545 e. The van der Waals surface area contributed by atoms with E-state index < -0.39 is 17.7 Å². The fourth-order valence-corrected chi connectivity index (χ4v) is 4.03. The van der Waals surface area contributed by atoms with E-state index >= 15 is 0 Å². The second-order valence-electron chi connectivity index (χ2n) is 7.95. The summed E-state index contributed by atoms with van der Waals surface area (Å²) in [5.74, 6) is -0.580. The summed E-state index contributed by atoms with van der Waals surface area (Å²) in [6.45, 7) is 0.551. The number of carboxylic acid groups (broad SMARTS) is 1. The molecule has 0 radical (unpaired) electrons. The number of rotatable bonds is 6. The Kier molecular flexibility index (Phi) is 6.16. The predicted molar refractivity (Wildman–Crippen MR) is 110 cm³/mol. The Morgan fingerprint density at radius 3 is 2.34 bits per heavy atom. The zero-order valence-electron chi connectivity index (χ0n) is 17.3. The van der Waals surface area contributed by atoms with Crippen LogP contribution in [0.1, 0.15) is 53.6 Å². The van der Waals surface area contributed by atoms with Gasteiger partial charge in [-0.15, -0.1) is 0 Å². The number of hydrogen-bond acceptors (Lipinski definition) is 5. The van der Waals surface area contributed by atoms with Crippen molar-refractivity contribution in [1.82, 2.24) is 14.8 Å². The first-order chi connectivity index (χ1) is 15.3. The number of anilines is 1. The second-order valence-corrected chi connectivity index (χ2v) is 7.95. The number of carbonyl (C=O) groups excluding carboxylic acids is 1.